The molecule has 1 aliphatic rings. The van der Waals surface area contributed by atoms with Gasteiger partial charge in [0, 0.05) is 6.04 Å². The van der Waals surface area contributed by atoms with Crippen LogP contribution < -0.4 is 5.32 Å². The van der Waals surface area contributed by atoms with E-state index in [0.717, 1.165) is 25.0 Å². The van der Waals surface area contributed by atoms with Crippen molar-refractivity contribution in [2.75, 3.05) is 13.2 Å². The summed E-state index contributed by atoms with van der Waals surface area (Å²) >= 11 is 0. The van der Waals surface area contributed by atoms with Crippen molar-refractivity contribution in [3.63, 3.8) is 0 Å². The Morgan fingerprint density at radius 3 is 2.36 bits per heavy atom. The Labute approximate surface area is 88.4 Å². The highest BCUT2D eigenvalue weighted by atomic mass is 16.5. The second-order valence-corrected chi connectivity index (χ2v) is 4.74. The molecular formula is C12H25NO. The highest BCUT2D eigenvalue weighted by Crippen LogP contribution is 2.38. The van der Waals surface area contributed by atoms with Gasteiger partial charge < -0.3 is 10.1 Å². The summed E-state index contributed by atoms with van der Waals surface area (Å²) in [6.45, 7) is 10.6. The average molecular weight is 199 g/mol. The van der Waals surface area contributed by atoms with Crippen molar-refractivity contribution in [2.45, 2.75) is 52.7 Å². The highest BCUT2D eigenvalue weighted by Gasteiger charge is 2.32. The predicted molar refractivity (Wildman–Crippen MR) is 60.4 cm³/mol. The summed E-state index contributed by atoms with van der Waals surface area (Å²) in [5.74, 6) is 1.73. The van der Waals surface area contributed by atoms with Gasteiger partial charge in [-0.1, -0.05) is 13.8 Å². The van der Waals surface area contributed by atoms with Crippen LogP contribution in [0.3, 0.4) is 0 Å². The topological polar surface area (TPSA) is 21.3 Å². The number of hydrogen-bond acceptors (Lipinski definition) is 2. The van der Waals surface area contributed by atoms with Crippen LogP contribution in [0.15, 0.2) is 0 Å². The molecule has 1 saturated carbocycles. The van der Waals surface area contributed by atoms with Gasteiger partial charge >= 0.3 is 0 Å². The molecule has 0 heterocycles. The monoisotopic (exact) mass is 199 g/mol. The van der Waals surface area contributed by atoms with Crippen molar-refractivity contribution in [3.05, 3.63) is 0 Å². The van der Waals surface area contributed by atoms with Crippen LogP contribution in [0.5, 0.6) is 0 Å². The maximum atomic E-state index is 5.69. The minimum atomic E-state index is 0.350. The third-order valence-electron chi connectivity index (χ3n) is 3.08. The first-order valence-corrected chi connectivity index (χ1v) is 6.00. The summed E-state index contributed by atoms with van der Waals surface area (Å²) in [5.41, 5.74) is 0. The number of ether oxygens (including phenoxy) is 1. The summed E-state index contributed by atoms with van der Waals surface area (Å²) in [4.78, 5) is 0. The van der Waals surface area contributed by atoms with Crippen molar-refractivity contribution < 1.29 is 4.74 Å². The maximum Gasteiger partial charge on any atom is 0.0625 e. The van der Waals surface area contributed by atoms with Gasteiger partial charge in [0.15, 0.2) is 0 Å². The molecule has 0 aromatic rings. The van der Waals surface area contributed by atoms with Crippen LogP contribution in [-0.2, 0) is 4.74 Å². The Hall–Kier alpha value is -0.0800. The first kappa shape index (κ1) is 12.0. The minimum Gasteiger partial charge on any atom is -0.377 e. The van der Waals surface area contributed by atoms with Gasteiger partial charge in [0.2, 0.25) is 0 Å². The lowest BCUT2D eigenvalue weighted by Gasteiger charge is -2.25. The van der Waals surface area contributed by atoms with Crippen molar-refractivity contribution >= 4 is 0 Å². The molecule has 1 aliphatic carbocycles. The van der Waals surface area contributed by atoms with Crippen LogP contribution in [0.1, 0.15) is 40.5 Å². The summed E-state index contributed by atoms with van der Waals surface area (Å²) in [7, 11) is 0. The number of hydrogen-bond donors (Lipinski definition) is 1. The van der Waals surface area contributed by atoms with E-state index in [4.69, 9.17) is 4.74 Å². The summed E-state index contributed by atoms with van der Waals surface area (Å²) in [6.07, 6.45) is 3.19. The molecule has 2 nitrogen and oxygen atoms in total. The standard InChI is InChI=1S/C12H25NO/c1-5-13-12(8-14-9(2)3)10(4)11-6-7-11/h9-13H,5-8H2,1-4H3. The van der Waals surface area contributed by atoms with Crippen LogP contribution in [0.25, 0.3) is 0 Å². The smallest absolute Gasteiger partial charge is 0.0625 e. The van der Waals surface area contributed by atoms with E-state index in [0.29, 0.717) is 12.1 Å². The van der Waals surface area contributed by atoms with Crippen molar-refractivity contribution in [1.82, 2.24) is 5.32 Å². The molecule has 1 N–H and O–H groups in total. The Bertz CT molecular complexity index is 154. The molecule has 1 fully saturated rings. The van der Waals surface area contributed by atoms with Gasteiger partial charge in [-0.05, 0) is 45.1 Å². The molecule has 0 spiro atoms. The van der Waals surface area contributed by atoms with Crippen molar-refractivity contribution in [3.8, 4) is 0 Å². The third-order valence-corrected chi connectivity index (χ3v) is 3.08. The van der Waals surface area contributed by atoms with Gasteiger partial charge in [-0.3, -0.25) is 0 Å². The van der Waals surface area contributed by atoms with Gasteiger partial charge in [-0.25, -0.2) is 0 Å². The first-order valence-electron chi connectivity index (χ1n) is 6.00. The van der Waals surface area contributed by atoms with Gasteiger partial charge in [0.25, 0.3) is 0 Å². The molecule has 2 heteroatoms. The minimum absolute atomic E-state index is 0.350. The Morgan fingerprint density at radius 2 is 1.93 bits per heavy atom. The van der Waals surface area contributed by atoms with E-state index in [1.165, 1.54) is 12.8 Å². The largest absolute Gasteiger partial charge is 0.377 e. The SMILES string of the molecule is CCNC(COC(C)C)C(C)C1CC1. The Kier molecular flexibility index (Phi) is 4.90. The van der Waals surface area contributed by atoms with Gasteiger partial charge in [-0.2, -0.15) is 0 Å². The lowest BCUT2D eigenvalue weighted by molar-refractivity contribution is 0.0479. The molecule has 0 radical (unpaired) electrons. The molecule has 0 saturated heterocycles. The summed E-state index contributed by atoms with van der Waals surface area (Å²) < 4.78 is 5.69. The number of rotatable bonds is 7. The van der Waals surface area contributed by atoms with Crippen LogP contribution in [-0.4, -0.2) is 25.3 Å². The molecule has 0 amide bonds. The van der Waals surface area contributed by atoms with E-state index in [1.807, 2.05) is 0 Å². The van der Waals surface area contributed by atoms with Gasteiger partial charge in [-0.15, -0.1) is 0 Å². The highest BCUT2D eigenvalue weighted by molar-refractivity contribution is 4.86. The van der Waals surface area contributed by atoms with E-state index in [2.05, 4.69) is 33.0 Å². The lowest BCUT2D eigenvalue weighted by Crippen LogP contribution is -2.40. The van der Waals surface area contributed by atoms with Gasteiger partial charge in [0.1, 0.15) is 0 Å². The molecule has 14 heavy (non-hydrogen) atoms. The molecule has 84 valence electrons. The molecule has 0 bridgehead atoms. The molecular weight excluding hydrogens is 174 g/mol. The Morgan fingerprint density at radius 1 is 1.29 bits per heavy atom. The summed E-state index contributed by atoms with van der Waals surface area (Å²) in [5, 5.41) is 3.53. The fourth-order valence-corrected chi connectivity index (χ4v) is 1.91. The second kappa shape index (κ2) is 5.72. The zero-order chi connectivity index (χ0) is 10.6. The number of nitrogens with one attached hydrogen (secondary N) is 1. The Balaban J connectivity index is 2.28. The summed E-state index contributed by atoms with van der Waals surface area (Å²) in [6, 6.07) is 0.551. The molecule has 0 aromatic heterocycles. The van der Waals surface area contributed by atoms with Gasteiger partial charge in [0.05, 0.1) is 12.7 Å². The van der Waals surface area contributed by atoms with Crippen LogP contribution >= 0.6 is 0 Å². The number of likely N-dealkylation sites (N-methyl/N-ethyl adjacent to an activating group) is 1. The van der Waals surface area contributed by atoms with E-state index < -0.39 is 0 Å². The second-order valence-electron chi connectivity index (χ2n) is 4.74. The molecule has 0 aliphatic heterocycles. The third kappa shape index (κ3) is 3.97. The fourth-order valence-electron chi connectivity index (χ4n) is 1.91. The molecule has 2 unspecified atom stereocenters. The quantitative estimate of drug-likeness (QED) is 0.680. The van der Waals surface area contributed by atoms with E-state index in [9.17, 15) is 0 Å². The van der Waals surface area contributed by atoms with E-state index in [-0.39, 0.29) is 0 Å². The predicted octanol–water partition coefficient (Wildman–Crippen LogP) is 2.44. The van der Waals surface area contributed by atoms with E-state index >= 15 is 0 Å². The average Bonchev–Trinajstić information content (AvgIpc) is 2.93. The van der Waals surface area contributed by atoms with Crippen molar-refractivity contribution in [2.24, 2.45) is 11.8 Å². The zero-order valence-electron chi connectivity index (χ0n) is 10.0. The molecule has 0 aromatic carbocycles. The van der Waals surface area contributed by atoms with Crippen LogP contribution in [0, 0.1) is 11.8 Å². The van der Waals surface area contributed by atoms with Crippen LogP contribution in [0.4, 0.5) is 0 Å². The van der Waals surface area contributed by atoms with Crippen LogP contribution in [0.2, 0.25) is 0 Å². The van der Waals surface area contributed by atoms with E-state index in [1.54, 1.807) is 0 Å². The maximum absolute atomic E-state index is 5.69. The normalized spacial score (nSPS) is 21.2. The first-order chi connectivity index (χ1) is 6.65. The molecule has 1 rings (SSSR count). The lowest BCUT2D eigenvalue weighted by atomic mass is 9.97. The van der Waals surface area contributed by atoms with Crippen molar-refractivity contribution in [1.29, 1.82) is 0 Å². The molecule has 2 atom stereocenters. The zero-order valence-corrected chi connectivity index (χ0v) is 10.0. The fraction of sp³-hybridized carbons (Fsp3) is 1.00.